The Balaban J connectivity index is 0.903. The van der Waals surface area contributed by atoms with Gasteiger partial charge in [0.2, 0.25) is 17.8 Å². The molecule has 3 aliphatic heterocycles. The first-order chi connectivity index (χ1) is 26.5. The van der Waals surface area contributed by atoms with Gasteiger partial charge in [0.25, 0.3) is 5.91 Å². The van der Waals surface area contributed by atoms with E-state index in [9.17, 15) is 18.9 Å². The zero-order chi connectivity index (χ0) is 38.7. The quantitative estimate of drug-likeness (QED) is 0.0675. The molecule has 0 radical (unpaired) electrons. The summed E-state index contributed by atoms with van der Waals surface area (Å²) in [4.78, 5) is 50.1. The predicted octanol–water partition coefficient (Wildman–Crippen LogP) is 5.31. The number of amides is 3. The molecule has 5 N–H and O–H groups in total. The molecule has 2 fully saturated rings. The SMILES string of the molecule is COc1cc(N2CCC(NCCNc3cccc4c3CN(C3CCC(=O)NC3=O)C4=O)CC2)ccc1Nc1ncc(Cl)c(Nc2ccccc2P(C)(C)=O)n1. The van der Waals surface area contributed by atoms with Crippen LogP contribution in [-0.4, -0.2) is 91.3 Å². The van der Waals surface area contributed by atoms with Crippen molar-refractivity contribution in [1.82, 2.24) is 25.5 Å². The van der Waals surface area contributed by atoms with Crippen molar-refractivity contribution in [3.05, 3.63) is 83.0 Å². The number of halogens is 1. The first-order valence-corrected chi connectivity index (χ1v) is 21.3. The van der Waals surface area contributed by atoms with Crippen LogP contribution in [0.5, 0.6) is 5.75 Å². The number of hydrogen-bond acceptors (Lipinski definition) is 12. The molecule has 0 spiro atoms. The molecule has 1 aromatic heterocycles. The van der Waals surface area contributed by atoms with Gasteiger partial charge in [-0.05, 0) is 69.0 Å². The molecule has 1 unspecified atom stereocenters. The van der Waals surface area contributed by atoms with E-state index in [1.807, 2.05) is 48.5 Å². The van der Waals surface area contributed by atoms with E-state index in [1.165, 1.54) is 6.20 Å². The van der Waals surface area contributed by atoms with Crippen molar-refractivity contribution in [2.45, 2.75) is 44.3 Å². The first-order valence-electron chi connectivity index (χ1n) is 18.4. The van der Waals surface area contributed by atoms with Crippen LogP contribution < -0.4 is 41.5 Å². The highest BCUT2D eigenvalue weighted by molar-refractivity contribution is 7.70. The standard InChI is InChI=1S/C39H45ClN9O5P/c1-54-33-21-25(11-12-30(33)45-39-43-22-28(40)36(47-39)44-31-8-4-5-10-34(31)55(2,3)53)48-19-15-24(16-20-48)41-17-18-42-29-9-6-7-26-27(29)23-49(38(26)52)32-13-14-35(50)46-37(32)51/h4-12,21-22,24,32,41-42H,13-20,23H2,1-3H3,(H,46,50,51)(H2,43,44,45,47). The monoisotopic (exact) mass is 785 g/mol. The Labute approximate surface area is 325 Å². The van der Waals surface area contributed by atoms with Crippen LogP contribution in [0.3, 0.4) is 0 Å². The second kappa shape index (κ2) is 16.3. The molecule has 1 atom stereocenters. The van der Waals surface area contributed by atoms with Crippen LogP contribution in [0, 0.1) is 0 Å². The number of methoxy groups -OCH3 is 1. The maximum Gasteiger partial charge on any atom is 0.255 e. The molecule has 16 heteroatoms. The zero-order valence-electron chi connectivity index (χ0n) is 31.0. The normalized spacial score (nSPS) is 17.5. The molecule has 288 valence electrons. The average molecular weight is 786 g/mol. The van der Waals surface area contributed by atoms with Gasteiger partial charge in [-0.1, -0.05) is 29.8 Å². The minimum Gasteiger partial charge on any atom is -0.494 e. The molecule has 0 aliphatic carbocycles. The second-order valence-corrected chi connectivity index (χ2v) is 17.9. The minimum absolute atomic E-state index is 0.176. The Morgan fingerprint density at radius 1 is 0.945 bits per heavy atom. The van der Waals surface area contributed by atoms with E-state index < -0.39 is 19.1 Å². The lowest BCUT2D eigenvalue weighted by Crippen LogP contribution is -2.52. The third kappa shape index (κ3) is 8.56. The molecule has 3 amide bonds. The van der Waals surface area contributed by atoms with Crippen LogP contribution in [0.25, 0.3) is 0 Å². The van der Waals surface area contributed by atoms with Gasteiger partial charge in [-0.2, -0.15) is 4.98 Å². The van der Waals surface area contributed by atoms with Crippen molar-refractivity contribution in [1.29, 1.82) is 0 Å². The number of carbonyl (C=O) groups is 3. The third-order valence-corrected chi connectivity index (χ3v) is 12.1. The average Bonchev–Trinajstić information content (AvgIpc) is 3.51. The molecule has 14 nitrogen and oxygen atoms in total. The van der Waals surface area contributed by atoms with E-state index in [4.69, 9.17) is 16.3 Å². The molecule has 0 bridgehead atoms. The second-order valence-electron chi connectivity index (χ2n) is 14.3. The summed E-state index contributed by atoms with van der Waals surface area (Å²) in [6.45, 7) is 6.98. The Morgan fingerprint density at radius 2 is 1.73 bits per heavy atom. The number of para-hydroxylation sites is 1. The molecule has 4 aromatic rings. The van der Waals surface area contributed by atoms with Crippen molar-refractivity contribution in [3.63, 3.8) is 0 Å². The number of aromatic nitrogens is 2. The number of carbonyl (C=O) groups excluding carboxylic acids is 3. The van der Waals surface area contributed by atoms with Gasteiger partial charge >= 0.3 is 0 Å². The smallest absolute Gasteiger partial charge is 0.255 e. The van der Waals surface area contributed by atoms with E-state index in [1.54, 1.807) is 31.4 Å². The Bertz CT molecular complexity index is 2160. The van der Waals surface area contributed by atoms with Crippen molar-refractivity contribution >= 4 is 76.3 Å². The molecule has 2 saturated heterocycles. The van der Waals surface area contributed by atoms with Gasteiger partial charge in [-0.15, -0.1) is 0 Å². The van der Waals surface area contributed by atoms with Crippen LogP contribution in [0.15, 0.2) is 66.9 Å². The van der Waals surface area contributed by atoms with Crippen molar-refractivity contribution < 1.29 is 23.7 Å². The number of nitrogens with zero attached hydrogens (tertiary/aromatic N) is 4. The molecule has 55 heavy (non-hydrogen) atoms. The lowest BCUT2D eigenvalue weighted by atomic mass is 10.0. The number of fused-ring (bicyclic) bond motifs is 1. The summed E-state index contributed by atoms with van der Waals surface area (Å²) in [5.41, 5.74) is 4.80. The van der Waals surface area contributed by atoms with E-state index in [-0.39, 0.29) is 18.2 Å². The van der Waals surface area contributed by atoms with Gasteiger partial charge in [-0.25, -0.2) is 4.98 Å². The Morgan fingerprint density at radius 3 is 2.49 bits per heavy atom. The topological polar surface area (TPSA) is 170 Å². The van der Waals surface area contributed by atoms with Crippen molar-refractivity contribution in [3.8, 4) is 5.75 Å². The van der Waals surface area contributed by atoms with Crippen LogP contribution in [0.4, 0.5) is 34.5 Å². The van der Waals surface area contributed by atoms with E-state index >= 15 is 0 Å². The van der Waals surface area contributed by atoms with Crippen LogP contribution in [0.1, 0.15) is 41.6 Å². The van der Waals surface area contributed by atoms with E-state index in [2.05, 4.69) is 47.5 Å². The molecule has 0 saturated carbocycles. The third-order valence-electron chi connectivity index (χ3n) is 10.2. The summed E-state index contributed by atoms with van der Waals surface area (Å²) >= 11 is 6.46. The number of imide groups is 1. The van der Waals surface area contributed by atoms with E-state index in [0.29, 0.717) is 70.3 Å². The highest BCUT2D eigenvalue weighted by Crippen LogP contribution is 2.39. The largest absolute Gasteiger partial charge is 0.494 e. The van der Waals surface area contributed by atoms with Crippen LogP contribution in [-0.2, 0) is 20.7 Å². The van der Waals surface area contributed by atoms with Gasteiger partial charge < -0.3 is 40.4 Å². The summed E-state index contributed by atoms with van der Waals surface area (Å²) in [5.74, 6) is 0.483. The number of nitrogens with one attached hydrogen (secondary N) is 5. The Kier molecular flexibility index (Phi) is 11.3. The fraction of sp³-hybridized carbons (Fsp3) is 0.359. The number of anilines is 6. The van der Waals surface area contributed by atoms with Gasteiger partial charge in [0, 0.05) is 79.1 Å². The molecular formula is C39H45ClN9O5P. The van der Waals surface area contributed by atoms with Crippen molar-refractivity contribution in [2.75, 3.05) is 67.5 Å². The molecule has 4 heterocycles. The lowest BCUT2D eigenvalue weighted by molar-refractivity contribution is -0.136. The highest BCUT2D eigenvalue weighted by Gasteiger charge is 2.39. The molecular weight excluding hydrogens is 741 g/mol. The van der Waals surface area contributed by atoms with Gasteiger partial charge in [0.15, 0.2) is 5.82 Å². The van der Waals surface area contributed by atoms with Gasteiger partial charge in [0.1, 0.15) is 24.0 Å². The highest BCUT2D eigenvalue weighted by atomic mass is 35.5. The predicted molar refractivity (Wildman–Crippen MR) is 216 cm³/mol. The fourth-order valence-corrected chi connectivity index (χ4v) is 8.65. The number of ether oxygens (including phenoxy) is 1. The molecule has 3 aromatic carbocycles. The summed E-state index contributed by atoms with van der Waals surface area (Å²) in [6, 6.07) is 18.8. The number of piperidine rings is 2. The van der Waals surface area contributed by atoms with Crippen LogP contribution >= 0.6 is 18.7 Å². The molecule has 7 rings (SSSR count). The zero-order valence-corrected chi connectivity index (χ0v) is 32.7. The van der Waals surface area contributed by atoms with Gasteiger partial charge in [0.05, 0.1) is 24.7 Å². The number of rotatable bonds is 13. The van der Waals surface area contributed by atoms with E-state index in [0.717, 1.165) is 49.4 Å². The lowest BCUT2D eigenvalue weighted by Gasteiger charge is -2.34. The maximum atomic E-state index is 13.2. The first kappa shape index (κ1) is 38.1. The fourth-order valence-electron chi connectivity index (χ4n) is 7.36. The summed E-state index contributed by atoms with van der Waals surface area (Å²) in [6.07, 6.45) is 4.03. The van der Waals surface area contributed by atoms with Crippen molar-refractivity contribution in [2.24, 2.45) is 0 Å². The number of hydrogen-bond donors (Lipinski definition) is 5. The summed E-state index contributed by atoms with van der Waals surface area (Å²) in [7, 11) is -0.921. The van der Waals surface area contributed by atoms with Gasteiger partial charge in [-0.3, -0.25) is 19.7 Å². The minimum atomic E-state index is -2.55. The molecule has 3 aliphatic rings. The summed E-state index contributed by atoms with van der Waals surface area (Å²) < 4.78 is 18.6. The van der Waals surface area contributed by atoms with Crippen LogP contribution in [0.2, 0.25) is 5.02 Å². The Hall–Kier alpha value is -5.17. The maximum absolute atomic E-state index is 13.2. The summed E-state index contributed by atoms with van der Waals surface area (Å²) in [5, 5.41) is 17.0. The number of benzene rings is 3.